The summed E-state index contributed by atoms with van der Waals surface area (Å²) in [5.41, 5.74) is 2.64. The number of aromatic nitrogens is 2. The second-order valence-corrected chi connectivity index (χ2v) is 7.04. The number of anilines is 1. The highest BCUT2D eigenvalue weighted by Crippen LogP contribution is 2.31. The van der Waals surface area contributed by atoms with Crippen LogP contribution in [0.5, 0.6) is 11.6 Å². The molecular weight excluding hydrogens is 386 g/mol. The molecule has 0 saturated carbocycles. The first-order chi connectivity index (χ1) is 14.2. The molecule has 1 fully saturated rings. The molecule has 150 valence electrons. The van der Waals surface area contributed by atoms with E-state index in [9.17, 15) is 0 Å². The maximum absolute atomic E-state index is 5.77. The van der Waals surface area contributed by atoms with Crippen molar-refractivity contribution >= 4 is 34.2 Å². The lowest BCUT2D eigenvalue weighted by Crippen LogP contribution is -2.50. The Balaban J connectivity index is 1.63. The second kappa shape index (κ2) is 8.59. The summed E-state index contributed by atoms with van der Waals surface area (Å²) < 4.78 is 11.0. The largest absolute Gasteiger partial charge is 0.496 e. The average Bonchev–Trinajstić information content (AvgIpc) is 2.78. The van der Waals surface area contributed by atoms with Crippen molar-refractivity contribution in [2.75, 3.05) is 39.2 Å². The lowest BCUT2D eigenvalue weighted by molar-refractivity contribution is 0.258. The number of thiocarbonyl (C=S) groups is 1. The number of methoxy groups -OCH3 is 2. The van der Waals surface area contributed by atoms with E-state index in [-0.39, 0.29) is 6.04 Å². The van der Waals surface area contributed by atoms with E-state index in [1.807, 2.05) is 42.5 Å². The molecule has 0 spiro atoms. The van der Waals surface area contributed by atoms with Crippen molar-refractivity contribution in [3.63, 3.8) is 0 Å². The predicted octanol–water partition coefficient (Wildman–Crippen LogP) is 2.99. The Morgan fingerprint density at radius 1 is 1.07 bits per heavy atom. The number of piperazine rings is 1. The van der Waals surface area contributed by atoms with Crippen molar-refractivity contribution in [2.24, 2.45) is 0 Å². The normalized spacial score (nSPS) is 16.5. The summed E-state index contributed by atoms with van der Waals surface area (Å²) in [7, 11) is 3.26. The van der Waals surface area contributed by atoms with Gasteiger partial charge in [-0.2, -0.15) is 0 Å². The van der Waals surface area contributed by atoms with E-state index >= 15 is 0 Å². The first kappa shape index (κ1) is 19.4. The van der Waals surface area contributed by atoms with Crippen LogP contribution in [0.15, 0.2) is 48.5 Å². The molecule has 1 aliphatic heterocycles. The molecule has 7 nitrogen and oxygen atoms in total. The Kier molecular flexibility index (Phi) is 5.73. The lowest BCUT2D eigenvalue weighted by Gasteiger charge is -2.38. The van der Waals surface area contributed by atoms with Gasteiger partial charge in [-0.25, -0.2) is 9.97 Å². The van der Waals surface area contributed by atoms with Crippen LogP contribution in [0.3, 0.4) is 0 Å². The standard InChI is InChI=1S/C21H23N5O2S/c1-27-18-10-6-3-7-14(18)17-13-22-11-12-26(17)21(29)25-19-20(28-2)24-16-9-5-4-8-15(16)23-19/h3-10,17,22H,11-13H2,1-2H3,(H,23,25,29). The van der Waals surface area contributed by atoms with E-state index in [0.29, 0.717) is 16.8 Å². The molecule has 1 aliphatic rings. The third-order valence-corrected chi connectivity index (χ3v) is 5.30. The summed E-state index contributed by atoms with van der Waals surface area (Å²) in [6.45, 7) is 2.37. The Morgan fingerprint density at radius 3 is 2.55 bits per heavy atom. The molecule has 29 heavy (non-hydrogen) atoms. The van der Waals surface area contributed by atoms with E-state index < -0.39 is 0 Å². The van der Waals surface area contributed by atoms with Crippen molar-refractivity contribution in [1.29, 1.82) is 0 Å². The van der Waals surface area contributed by atoms with Crippen LogP contribution in [0.1, 0.15) is 11.6 Å². The fraction of sp³-hybridized carbons (Fsp3) is 0.286. The number of hydrogen-bond donors (Lipinski definition) is 2. The van der Waals surface area contributed by atoms with Crippen molar-refractivity contribution in [3.05, 3.63) is 54.1 Å². The number of nitrogens with one attached hydrogen (secondary N) is 2. The Labute approximate surface area is 175 Å². The minimum atomic E-state index is 0.0410. The van der Waals surface area contributed by atoms with Gasteiger partial charge in [0.25, 0.3) is 5.88 Å². The zero-order valence-corrected chi connectivity index (χ0v) is 17.2. The van der Waals surface area contributed by atoms with Gasteiger partial charge in [-0.1, -0.05) is 30.3 Å². The van der Waals surface area contributed by atoms with Crippen LogP contribution < -0.4 is 20.1 Å². The summed E-state index contributed by atoms with van der Waals surface area (Å²) >= 11 is 5.77. The Bertz CT molecular complexity index is 1030. The zero-order chi connectivity index (χ0) is 20.2. The van der Waals surface area contributed by atoms with Gasteiger partial charge in [-0.3, -0.25) is 0 Å². The number of nitrogens with zero attached hydrogens (tertiary/aromatic N) is 3. The molecule has 0 radical (unpaired) electrons. The van der Waals surface area contributed by atoms with E-state index in [2.05, 4.69) is 31.6 Å². The van der Waals surface area contributed by atoms with Gasteiger partial charge in [-0.05, 0) is 30.4 Å². The first-order valence-corrected chi connectivity index (χ1v) is 9.84. The SMILES string of the molecule is COc1ccccc1C1CNCCN1C(=S)Nc1nc2ccccc2nc1OC. The predicted molar refractivity (Wildman–Crippen MR) is 118 cm³/mol. The van der Waals surface area contributed by atoms with Crippen molar-refractivity contribution in [2.45, 2.75) is 6.04 Å². The van der Waals surface area contributed by atoms with Gasteiger partial charge in [-0.15, -0.1) is 0 Å². The molecule has 1 unspecified atom stereocenters. The third kappa shape index (κ3) is 3.94. The number of hydrogen-bond acceptors (Lipinski definition) is 6. The number of benzene rings is 2. The molecule has 8 heteroatoms. The van der Waals surface area contributed by atoms with Crippen LogP contribution in [0, 0.1) is 0 Å². The molecule has 2 heterocycles. The molecule has 1 aromatic heterocycles. The van der Waals surface area contributed by atoms with Gasteiger partial charge < -0.3 is 25.0 Å². The van der Waals surface area contributed by atoms with Crippen LogP contribution in [0.4, 0.5) is 5.82 Å². The molecule has 3 aromatic rings. The maximum Gasteiger partial charge on any atom is 0.258 e. The maximum atomic E-state index is 5.77. The molecule has 0 amide bonds. The van der Waals surface area contributed by atoms with Gasteiger partial charge in [0.15, 0.2) is 10.9 Å². The third-order valence-electron chi connectivity index (χ3n) is 4.96. The van der Waals surface area contributed by atoms with Crippen molar-refractivity contribution < 1.29 is 9.47 Å². The highest BCUT2D eigenvalue weighted by atomic mass is 32.1. The lowest BCUT2D eigenvalue weighted by atomic mass is 10.0. The zero-order valence-electron chi connectivity index (χ0n) is 16.4. The van der Waals surface area contributed by atoms with Crippen LogP contribution >= 0.6 is 12.2 Å². The summed E-state index contributed by atoms with van der Waals surface area (Å²) in [5.74, 6) is 1.76. The second-order valence-electron chi connectivity index (χ2n) is 6.66. The first-order valence-electron chi connectivity index (χ1n) is 9.43. The molecule has 4 rings (SSSR count). The molecule has 0 aliphatic carbocycles. The molecule has 0 bridgehead atoms. The fourth-order valence-electron chi connectivity index (χ4n) is 3.55. The average molecular weight is 410 g/mol. The van der Waals surface area contributed by atoms with Crippen LogP contribution in [0.2, 0.25) is 0 Å². The molecule has 2 N–H and O–H groups in total. The smallest absolute Gasteiger partial charge is 0.258 e. The van der Waals surface area contributed by atoms with Gasteiger partial charge in [0.2, 0.25) is 0 Å². The number of rotatable bonds is 4. The van der Waals surface area contributed by atoms with Gasteiger partial charge >= 0.3 is 0 Å². The highest BCUT2D eigenvalue weighted by molar-refractivity contribution is 7.80. The summed E-state index contributed by atoms with van der Waals surface area (Å²) in [6.07, 6.45) is 0. The number of para-hydroxylation sites is 3. The molecule has 1 atom stereocenters. The minimum Gasteiger partial charge on any atom is -0.496 e. The fourth-order valence-corrected chi connectivity index (χ4v) is 3.86. The van der Waals surface area contributed by atoms with Crippen LogP contribution in [-0.4, -0.2) is 53.8 Å². The van der Waals surface area contributed by atoms with Crippen molar-refractivity contribution in [1.82, 2.24) is 20.2 Å². The van der Waals surface area contributed by atoms with E-state index in [1.54, 1.807) is 14.2 Å². The summed E-state index contributed by atoms with van der Waals surface area (Å²) in [6, 6.07) is 15.7. The molecule has 2 aromatic carbocycles. The highest BCUT2D eigenvalue weighted by Gasteiger charge is 2.28. The Hall–Kier alpha value is -2.97. The molecule has 1 saturated heterocycles. The van der Waals surface area contributed by atoms with Crippen LogP contribution in [-0.2, 0) is 0 Å². The quantitative estimate of drug-likeness (QED) is 0.638. The number of fused-ring (bicyclic) bond motifs is 1. The van der Waals surface area contributed by atoms with Gasteiger partial charge in [0.05, 0.1) is 31.3 Å². The topological polar surface area (TPSA) is 71.5 Å². The van der Waals surface area contributed by atoms with Crippen molar-refractivity contribution in [3.8, 4) is 11.6 Å². The summed E-state index contributed by atoms with van der Waals surface area (Å²) in [4.78, 5) is 11.4. The minimum absolute atomic E-state index is 0.0410. The van der Waals surface area contributed by atoms with Crippen LogP contribution in [0.25, 0.3) is 11.0 Å². The van der Waals surface area contributed by atoms with E-state index in [4.69, 9.17) is 21.7 Å². The van der Waals surface area contributed by atoms with Gasteiger partial charge in [0, 0.05) is 25.2 Å². The summed E-state index contributed by atoms with van der Waals surface area (Å²) in [5, 5.41) is 7.27. The Morgan fingerprint density at radius 2 is 1.79 bits per heavy atom. The van der Waals surface area contributed by atoms with E-state index in [0.717, 1.165) is 42.0 Å². The monoisotopic (exact) mass is 409 g/mol. The number of ether oxygens (including phenoxy) is 2. The van der Waals surface area contributed by atoms with Gasteiger partial charge in [0.1, 0.15) is 5.75 Å². The van der Waals surface area contributed by atoms with E-state index in [1.165, 1.54) is 0 Å². The molecular formula is C21H23N5O2S.